The zero-order valence-electron chi connectivity index (χ0n) is 23.2. The molecule has 2 heterocycles. The Bertz CT molecular complexity index is 1790. The van der Waals surface area contributed by atoms with E-state index in [2.05, 4.69) is 31.3 Å². The van der Waals surface area contributed by atoms with E-state index < -0.39 is 0 Å². The SMILES string of the molecule is Cc1ccccc1-c1ccc(C(=O)N2Cc3ccc(C(=O)NCc4cccc(N)c4)n3Cc3ccccc32)cc1C. The number of nitrogens with two attached hydrogens (primary N) is 1. The molecule has 2 amide bonds. The van der Waals surface area contributed by atoms with Crippen LogP contribution in [-0.2, 0) is 19.6 Å². The van der Waals surface area contributed by atoms with Gasteiger partial charge in [0.15, 0.2) is 0 Å². The summed E-state index contributed by atoms with van der Waals surface area (Å²) < 4.78 is 2.01. The molecule has 0 atom stereocenters. The molecule has 1 aliphatic heterocycles. The molecule has 0 spiro atoms. The lowest BCUT2D eigenvalue weighted by Gasteiger charge is -2.23. The molecule has 0 saturated heterocycles. The Morgan fingerprint density at radius 2 is 1.56 bits per heavy atom. The molecule has 5 aromatic rings. The van der Waals surface area contributed by atoms with Crippen molar-refractivity contribution in [2.75, 3.05) is 10.6 Å². The van der Waals surface area contributed by atoms with E-state index in [9.17, 15) is 9.59 Å². The number of nitrogen functional groups attached to an aromatic ring is 1. The van der Waals surface area contributed by atoms with Gasteiger partial charge in [-0.05, 0) is 89.7 Å². The highest BCUT2D eigenvalue weighted by Gasteiger charge is 2.27. The zero-order valence-corrected chi connectivity index (χ0v) is 23.2. The molecule has 6 nitrogen and oxygen atoms in total. The molecule has 3 N–H and O–H groups in total. The van der Waals surface area contributed by atoms with Crippen LogP contribution in [0.4, 0.5) is 11.4 Å². The molecule has 0 radical (unpaired) electrons. The monoisotopic (exact) mass is 540 g/mol. The molecule has 4 aromatic carbocycles. The van der Waals surface area contributed by atoms with E-state index in [1.807, 2.05) is 100 Å². The van der Waals surface area contributed by atoms with Crippen molar-refractivity contribution in [2.45, 2.75) is 33.5 Å². The average molecular weight is 541 g/mol. The lowest BCUT2D eigenvalue weighted by atomic mass is 9.95. The van der Waals surface area contributed by atoms with Gasteiger partial charge in [-0.15, -0.1) is 0 Å². The van der Waals surface area contributed by atoms with E-state index in [0.29, 0.717) is 36.6 Å². The number of hydrogen-bond acceptors (Lipinski definition) is 3. The number of nitrogens with zero attached hydrogens (tertiary/aromatic N) is 2. The largest absolute Gasteiger partial charge is 0.399 e. The number of hydrogen-bond donors (Lipinski definition) is 2. The number of carbonyl (C=O) groups is 2. The lowest BCUT2D eigenvalue weighted by molar-refractivity contribution is 0.0941. The minimum Gasteiger partial charge on any atom is -0.399 e. The maximum Gasteiger partial charge on any atom is 0.268 e. The van der Waals surface area contributed by atoms with Crippen molar-refractivity contribution >= 4 is 23.2 Å². The smallest absolute Gasteiger partial charge is 0.268 e. The Labute approximate surface area is 240 Å². The molecular weight excluding hydrogens is 508 g/mol. The Balaban J connectivity index is 1.30. The van der Waals surface area contributed by atoms with Gasteiger partial charge in [0.25, 0.3) is 11.8 Å². The second kappa shape index (κ2) is 10.8. The molecular formula is C35H32N4O2. The van der Waals surface area contributed by atoms with Crippen molar-refractivity contribution in [3.63, 3.8) is 0 Å². The number of anilines is 2. The highest BCUT2D eigenvalue weighted by molar-refractivity contribution is 6.07. The quantitative estimate of drug-likeness (QED) is 0.250. The third-order valence-electron chi connectivity index (χ3n) is 7.79. The molecule has 1 aromatic heterocycles. The van der Waals surface area contributed by atoms with Gasteiger partial charge in [-0.2, -0.15) is 0 Å². The van der Waals surface area contributed by atoms with Crippen LogP contribution < -0.4 is 16.0 Å². The number of nitrogens with one attached hydrogen (secondary N) is 1. The highest BCUT2D eigenvalue weighted by Crippen LogP contribution is 2.32. The Morgan fingerprint density at radius 3 is 2.37 bits per heavy atom. The van der Waals surface area contributed by atoms with Gasteiger partial charge in [0, 0.05) is 29.2 Å². The van der Waals surface area contributed by atoms with E-state index in [1.54, 1.807) is 0 Å². The van der Waals surface area contributed by atoms with Crippen LogP contribution in [0.15, 0.2) is 103 Å². The van der Waals surface area contributed by atoms with Crippen LogP contribution in [0.2, 0.25) is 0 Å². The molecule has 6 heteroatoms. The Hall–Kier alpha value is -5.10. The van der Waals surface area contributed by atoms with Crippen LogP contribution >= 0.6 is 0 Å². The van der Waals surface area contributed by atoms with E-state index in [0.717, 1.165) is 33.6 Å². The van der Waals surface area contributed by atoms with Crippen molar-refractivity contribution in [1.29, 1.82) is 0 Å². The van der Waals surface area contributed by atoms with Crippen molar-refractivity contribution in [2.24, 2.45) is 0 Å². The van der Waals surface area contributed by atoms with E-state index in [4.69, 9.17) is 5.73 Å². The Kier molecular flexibility index (Phi) is 6.89. The van der Waals surface area contributed by atoms with Crippen molar-refractivity contribution in [3.8, 4) is 11.1 Å². The average Bonchev–Trinajstić information content (AvgIpc) is 3.29. The van der Waals surface area contributed by atoms with Crippen molar-refractivity contribution in [1.82, 2.24) is 9.88 Å². The first-order valence-electron chi connectivity index (χ1n) is 13.8. The predicted octanol–water partition coefficient (Wildman–Crippen LogP) is 6.49. The summed E-state index contributed by atoms with van der Waals surface area (Å²) >= 11 is 0. The summed E-state index contributed by atoms with van der Waals surface area (Å²) in [4.78, 5) is 29.1. The van der Waals surface area contributed by atoms with Crippen LogP contribution in [0.5, 0.6) is 0 Å². The van der Waals surface area contributed by atoms with Gasteiger partial charge in [-0.3, -0.25) is 9.59 Å². The van der Waals surface area contributed by atoms with Gasteiger partial charge in [-0.1, -0.05) is 60.7 Å². The molecule has 0 bridgehead atoms. The van der Waals surface area contributed by atoms with Gasteiger partial charge in [0.1, 0.15) is 5.69 Å². The summed E-state index contributed by atoms with van der Waals surface area (Å²) in [6.45, 7) is 5.38. The number of rotatable bonds is 5. The summed E-state index contributed by atoms with van der Waals surface area (Å²) in [6.07, 6.45) is 0. The summed E-state index contributed by atoms with van der Waals surface area (Å²) in [7, 11) is 0. The van der Waals surface area contributed by atoms with Crippen LogP contribution in [0.3, 0.4) is 0 Å². The summed E-state index contributed by atoms with van der Waals surface area (Å²) in [5.41, 5.74) is 16.0. The van der Waals surface area contributed by atoms with Gasteiger partial charge >= 0.3 is 0 Å². The topological polar surface area (TPSA) is 80.4 Å². The number of para-hydroxylation sites is 1. The van der Waals surface area contributed by atoms with Crippen LogP contribution in [0.25, 0.3) is 11.1 Å². The van der Waals surface area contributed by atoms with Crippen molar-refractivity contribution < 1.29 is 9.59 Å². The van der Waals surface area contributed by atoms with E-state index in [1.165, 1.54) is 11.1 Å². The molecule has 0 fully saturated rings. The minimum absolute atomic E-state index is 0.0702. The molecule has 204 valence electrons. The summed E-state index contributed by atoms with van der Waals surface area (Å²) in [5, 5.41) is 3.02. The van der Waals surface area contributed by atoms with Crippen LogP contribution in [0.1, 0.15) is 48.8 Å². The highest BCUT2D eigenvalue weighted by atomic mass is 16.2. The first kappa shape index (κ1) is 26.1. The standard InChI is InChI=1S/C35H32N4O2/c1-23-8-3-5-12-30(23)31-16-14-26(18-24(31)2)35(41)39-22-29-15-17-33(38(29)21-27-10-4-6-13-32(27)39)34(40)37-20-25-9-7-11-28(36)19-25/h3-19H,20-22,36H2,1-2H3,(H,37,40). The van der Waals surface area contributed by atoms with Gasteiger partial charge in [0.2, 0.25) is 0 Å². The minimum atomic E-state index is -0.168. The van der Waals surface area contributed by atoms with Gasteiger partial charge in [-0.25, -0.2) is 0 Å². The number of fused-ring (bicyclic) bond motifs is 2. The van der Waals surface area contributed by atoms with Crippen molar-refractivity contribution in [3.05, 3.63) is 142 Å². The summed E-state index contributed by atoms with van der Waals surface area (Å²) in [5.74, 6) is -0.238. The first-order valence-corrected chi connectivity index (χ1v) is 13.8. The fourth-order valence-electron chi connectivity index (χ4n) is 5.65. The molecule has 6 rings (SSSR count). The maximum atomic E-state index is 14.0. The van der Waals surface area contributed by atoms with Crippen LogP contribution in [-0.4, -0.2) is 16.4 Å². The fourth-order valence-corrected chi connectivity index (χ4v) is 5.65. The fraction of sp³-hybridized carbons (Fsp3) is 0.143. The predicted molar refractivity (Wildman–Crippen MR) is 164 cm³/mol. The zero-order chi connectivity index (χ0) is 28.5. The number of aromatic nitrogens is 1. The Morgan fingerprint density at radius 1 is 0.780 bits per heavy atom. The summed E-state index contributed by atoms with van der Waals surface area (Å²) in [6, 6.07) is 33.4. The number of amides is 2. The molecule has 0 aliphatic carbocycles. The molecule has 1 aliphatic rings. The van der Waals surface area contributed by atoms with E-state index in [-0.39, 0.29) is 11.8 Å². The molecule has 41 heavy (non-hydrogen) atoms. The van der Waals surface area contributed by atoms with Crippen LogP contribution in [0, 0.1) is 13.8 Å². The van der Waals surface area contributed by atoms with Gasteiger partial charge < -0.3 is 20.5 Å². The number of benzene rings is 4. The number of aryl methyl sites for hydroxylation is 2. The third kappa shape index (κ3) is 5.12. The molecule has 0 unspecified atom stereocenters. The second-order valence-electron chi connectivity index (χ2n) is 10.6. The number of carbonyl (C=O) groups excluding carboxylic acids is 2. The third-order valence-corrected chi connectivity index (χ3v) is 7.79. The lowest BCUT2D eigenvalue weighted by Crippen LogP contribution is -2.30. The van der Waals surface area contributed by atoms with E-state index >= 15 is 0 Å². The molecule has 0 saturated carbocycles. The van der Waals surface area contributed by atoms with Gasteiger partial charge in [0.05, 0.1) is 13.1 Å². The maximum absolute atomic E-state index is 14.0. The first-order chi connectivity index (χ1) is 19.9. The second-order valence-corrected chi connectivity index (χ2v) is 10.6. The normalized spacial score (nSPS) is 12.3.